The van der Waals surface area contributed by atoms with Crippen LogP contribution in [0.15, 0.2) is 40.2 Å². The summed E-state index contributed by atoms with van der Waals surface area (Å²) in [7, 11) is 1.63. The van der Waals surface area contributed by atoms with Gasteiger partial charge in [-0.25, -0.2) is 4.99 Å². The second-order valence-electron chi connectivity index (χ2n) is 7.51. The number of ether oxygens (including phenoxy) is 1. The number of hydrogen-bond acceptors (Lipinski definition) is 4. The first kappa shape index (κ1) is 19.3. The zero-order chi connectivity index (χ0) is 19.8. The summed E-state index contributed by atoms with van der Waals surface area (Å²) in [5.74, 6) is 0.657. The number of nitrogens with zero attached hydrogens (tertiary/aromatic N) is 2. The minimum atomic E-state index is -0.118. The van der Waals surface area contributed by atoms with Gasteiger partial charge in [0.05, 0.1) is 17.7 Å². The first-order valence-corrected chi connectivity index (χ1v) is 9.64. The van der Waals surface area contributed by atoms with Crippen LogP contribution in [0.25, 0.3) is 6.08 Å². The Kier molecular flexibility index (Phi) is 5.20. The third-order valence-corrected chi connectivity index (χ3v) is 5.29. The van der Waals surface area contributed by atoms with E-state index in [1.54, 1.807) is 7.11 Å². The Bertz CT molecular complexity index is 932. The summed E-state index contributed by atoms with van der Waals surface area (Å²) < 4.78 is 7.45. The van der Waals surface area contributed by atoms with Crippen LogP contribution in [0.1, 0.15) is 37.7 Å². The van der Waals surface area contributed by atoms with Gasteiger partial charge in [-0.05, 0) is 88.4 Å². The number of hydrogen-bond donors (Lipinski definition) is 1. The lowest BCUT2D eigenvalue weighted by Gasteiger charge is -2.25. The number of benzene rings is 1. The van der Waals surface area contributed by atoms with Crippen molar-refractivity contribution in [1.29, 1.82) is 0 Å². The number of nitrogens with one attached hydrogen (secondary N) is 1. The van der Waals surface area contributed by atoms with Crippen LogP contribution in [0.5, 0.6) is 5.75 Å². The van der Waals surface area contributed by atoms with E-state index in [4.69, 9.17) is 4.74 Å². The van der Waals surface area contributed by atoms with Crippen LogP contribution in [0.3, 0.4) is 0 Å². The molecule has 142 valence electrons. The van der Waals surface area contributed by atoms with Gasteiger partial charge in [-0.15, -0.1) is 0 Å². The van der Waals surface area contributed by atoms with Crippen LogP contribution in [0, 0.1) is 13.8 Å². The van der Waals surface area contributed by atoms with Crippen molar-refractivity contribution in [3.63, 3.8) is 0 Å². The van der Waals surface area contributed by atoms with Crippen molar-refractivity contribution in [2.75, 3.05) is 7.11 Å². The zero-order valence-corrected chi connectivity index (χ0v) is 17.4. The molecule has 5 nitrogen and oxygen atoms in total. The molecule has 27 heavy (non-hydrogen) atoms. The molecular formula is C21H25N3O2S. The van der Waals surface area contributed by atoms with E-state index < -0.39 is 0 Å². The Labute approximate surface area is 164 Å². The van der Waals surface area contributed by atoms with Crippen LogP contribution in [0.2, 0.25) is 0 Å². The van der Waals surface area contributed by atoms with Crippen molar-refractivity contribution in [3.8, 4) is 5.75 Å². The van der Waals surface area contributed by atoms with E-state index in [1.165, 1.54) is 17.5 Å². The lowest BCUT2D eigenvalue weighted by Crippen LogP contribution is -2.24. The topological polar surface area (TPSA) is 55.6 Å². The second-order valence-corrected chi connectivity index (χ2v) is 8.54. The zero-order valence-electron chi connectivity index (χ0n) is 16.6. The smallest absolute Gasteiger partial charge is 0.264 e. The van der Waals surface area contributed by atoms with Gasteiger partial charge in [-0.1, -0.05) is 0 Å². The van der Waals surface area contributed by atoms with E-state index in [-0.39, 0.29) is 11.4 Å². The van der Waals surface area contributed by atoms with Gasteiger partial charge in [0.2, 0.25) is 0 Å². The normalized spacial score (nSPS) is 17.6. The Balaban J connectivity index is 1.86. The Morgan fingerprint density at radius 1 is 1.19 bits per heavy atom. The largest absolute Gasteiger partial charge is 0.497 e. The maximum atomic E-state index is 12.4. The SMILES string of the molecule is COc1ccc(N=C2NC(=O)/C(=C\c3cc(C)n(C(C)(C)C)c3C)S2)cc1. The molecule has 1 amide bonds. The summed E-state index contributed by atoms with van der Waals surface area (Å²) in [6, 6.07) is 9.53. The number of aryl methyl sites for hydroxylation is 1. The molecule has 0 unspecified atom stereocenters. The fraction of sp³-hybridized carbons (Fsp3) is 0.333. The molecule has 3 rings (SSSR count). The number of aliphatic imine (C=N–C) groups is 1. The van der Waals surface area contributed by atoms with Crippen LogP contribution in [-0.4, -0.2) is 22.8 Å². The highest BCUT2D eigenvalue weighted by Gasteiger charge is 2.25. The van der Waals surface area contributed by atoms with Crippen molar-refractivity contribution < 1.29 is 9.53 Å². The average Bonchev–Trinajstić information content (AvgIpc) is 3.07. The standard InChI is InChI=1S/C21H25N3O2S/c1-13-11-15(14(2)24(13)21(3,4)5)12-18-19(25)23-20(27-18)22-16-7-9-17(26-6)10-8-16/h7-12H,1-6H3,(H,22,23,25)/b18-12+. The summed E-state index contributed by atoms with van der Waals surface area (Å²) in [5, 5.41) is 3.42. The van der Waals surface area contributed by atoms with Crippen LogP contribution < -0.4 is 10.1 Å². The van der Waals surface area contributed by atoms with Gasteiger partial charge in [0, 0.05) is 16.9 Å². The summed E-state index contributed by atoms with van der Waals surface area (Å²) in [6.45, 7) is 10.7. The number of carbonyl (C=O) groups is 1. The highest BCUT2D eigenvalue weighted by Crippen LogP contribution is 2.31. The predicted octanol–water partition coefficient (Wildman–Crippen LogP) is 4.76. The Morgan fingerprint density at radius 3 is 2.41 bits per heavy atom. The number of amidine groups is 1. The molecule has 1 saturated heterocycles. The molecule has 0 spiro atoms. The molecule has 2 heterocycles. The van der Waals surface area contributed by atoms with Gasteiger partial charge in [0.1, 0.15) is 5.75 Å². The maximum absolute atomic E-state index is 12.4. The fourth-order valence-electron chi connectivity index (χ4n) is 3.36. The number of thioether (sulfide) groups is 1. The summed E-state index contributed by atoms with van der Waals surface area (Å²) in [5.41, 5.74) is 4.16. The van der Waals surface area contributed by atoms with Gasteiger partial charge in [-0.2, -0.15) is 0 Å². The molecule has 1 fully saturated rings. The number of aromatic nitrogens is 1. The van der Waals surface area contributed by atoms with E-state index in [0.29, 0.717) is 10.1 Å². The Morgan fingerprint density at radius 2 is 1.85 bits per heavy atom. The second kappa shape index (κ2) is 7.27. The molecule has 0 aliphatic carbocycles. The molecule has 1 aliphatic rings. The lowest BCUT2D eigenvalue weighted by atomic mass is 10.1. The fourth-order valence-corrected chi connectivity index (χ4v) is 4.19. The predicted molar refractivity (Wildman–Crippen MR) is 113 cm³/mol. The average molecular weight is 384 g/mol. The van der Waals surface area contributed by atoms with Gasteiger partial charge in [0.15, 0.2) is 5.17 Å². The first-order valence-electron chi connectivity index (χ1n) is 8.82. The number of carbonyl (C=O) groups excluding carboxylic acids is 1. The molecule has 0 atom stereocenters. The molecule has 0 saturated carbocycles. The van der Waals surface area contributed by atoms with Crippen molar-refractivity contribution >= 4 is 34.6 Å². The number of amides is 1. The monoisotopic (exact) mass is 383 g/mol. The first-order chi connectivity index (χ1) is 12.7. The molecule has 2 aromatic rings. The van der Waals surface area contributed by atoms with Gasteiger partial charge in [-0.3, -0.25) is 4.79 Å². The Hall–Kier alpha value is -2.47. The van der Waals surface area contributed by atoms with Crippen LogP contribution in [-0.2, 0) is 10.3 Å². The molecule has 1 aromatic heterocycles. The number of rotatable bonds is 3. The quantitative estimate of drug-likeness (QED) is 0.778. The molecule has 1 aliphatic heterocycles. The van der Waals surface area contributed by atoms with Gasteiger partial charge >= 0.3 is 0 Å². The van der Waals surface area contributed by atoms with Crippen molar-refractivity contribution in [1.82, 2.24) is 9.88 Å². The van der Waals surface area contributed by atoms with E-state index in [2.05, 4.69) is 55.6 Å². The van der Waals surface area contributed by atoms with E-state index in [0.717, 1.165) is 22.7 Å². The van der Waals surface area contributed by atoms with Crippen molar-refractivity contribution in [2.24, 2.45) is 4.99 Å². The third kappa shape index (κ3) is 4.11. The molecule has 1 N–H and O–H groups in total. The minimum Gasteiger partial charge on any atom is -0.497 e. The number of methoxy groups -OCH3 is 1. The van der Waals surface area contributed by atoms with E-state index in [1.807, 2.05) is 30.3 Å². The maximum Gasteiger partial charge on any atom is 0.264 e. The minimum absolute atomic E-state index is 0.00299. The van der Waals surface area contributed by atoms with Crippen LogP contribution in [0.4, 0.5) is 5.69 Å². The van der Waals surface area contributed by atoms with Crippen molar-refractivity contribution in [3.05, 3.63) is 52.2 Å². The van der Waals surface area contributed by atoms with Crippen molar-refractivity contribution in [2.45, 2.75) is 40.2 Å². The molecule has 6 heteroatoms. The lowest BCUT2D eigenvalue weighted by molar-refractivity contribution is -0.115. The molecule has 0 radical (unpaired) electrons. The summed E-state index contributed by atoms with van der Waals surface area (Å²) in [4.78, 5) is 17.5. The highest BCUT2D eigenvalue weighted by atomic mass is 32.2. The van der Waals surface area contributed by atoms with E-state index in [9.17, 15) is 4.79 Å². The summed E-state index contributed by atoms with van der Waals surface area (Å²) in [6.07, 6.45) is 1.95. The van der Waals surface area contributed by atoms with Gasteiger partial charge < -0.3 is 14.6 Å². The third-order valence-electron chi connectivity index (χ3n) is 4.38. The molecule has 1 aromatic carbocycles. The van der Waals surface area contributed by atoms with E-state index >= 15 is 0 Å². The van der Waals surface area contributed by atoms with Crippen LogP contribution >= 0.6 is 11.8 Å². The molecule has 0 bridgehead atoms. The summed E-state index contributed by atoms with van der Waals surface area (Å²) >= 11 is 1.36. The molecular weight excluding hydrogens is 358 g/mol. The van der Waals surface area contributed by atoms with Gasteiger partial charge in [0.25, 0.3) is 5.91 Å². The highest BCUT2D eigenvalue weighted by molar-refractivity contribution is 8.18.